The number of benzene rings is 1. The fraction of sp³-hybridized carbons (Fsp3) is 0.364. The number of nitrogens with zero attached hydrogens (tertiary/aromatic N) is 5. The third-order valence-corrected chi connectivity index (χ3v) is 5.80. The standard InChI is InChI=1S/C22H21ClF3N7/c23-18-13-29-21(32-20(18)30-16-3-1-2-15(10-16)22(24,25)26)31-19-5-4-17(12-28-19)33-8-6-14(11-27)7-9-33/h1-3,10,12-14H,4-9H2,(H2,28,29,30,31,32). The summed E-state index contributed by atoms with van der Waals surface area (Å²) in [6.07, 6.45) is 1.92. The number of amidine groups is 1. The van der Waals surface area contributed by atoms with Crippen molar-refractivity contribution < 1.29 is 13.2 Å². The van der Waals surface area contributed by atoms with Gasteiger partial charge in [0.15, 0.2) is 5.82 Å². The van der Waals surface area contributed by atoms with Crippen LogP contribution in [0.25, 0.3) is 0 Å². The number of alkyl halides is 3. The van der Waals surface area contributed by atoms with E-state index in [1.807, 2.05) is 6.20 Å². The summed E-state index contributed by atoms with van der Waals surface area (Å²) in [4.78, 5) is 15.2. The molecule has 33 heavy (non-hydrogen) atoms. The van der Waals surface area contributed by atoms with Crippen molar-refractivity contribution in [2.45, 2.75) is 31.9 Å². The van der Waals surface area contributed by atoms with Gasteiger partial charge in [0, 0.05) is 43.0 Å². The second-order valence-electron chi connectivity index (χ2n) is 7.81. The molecule has 0 spiro atoms. The molecule has 2 aliphatic rings. The molecule has 1 fully saturated rings. The number of hydrogen-bond donors (Lipinski definition) is 2. The number of aromatic nitrogens is 2. The fourth-order valence-corrected chi connectivity index (χ4v) is 3.85. The van der Waals surface area contributed by atoms with Gasteiger partial charge in [-0.2, -0.15) is 23.4 Å². The van der Waals surface area contributed by atoms with Gasteiger partial charge >= 0.3 is 6.18 Å². The average molecular weight is 476 g/mol. The van der Waals surface area contributed by atoms with E-state index in [9.17, 15) is 13.2 Å². The number of allylic oxidation sites excluding steroid dienone is 1. The molecule has 3 heterocycles. The fourth-order valence-electron chi connectivity index (χ4n) is 3.71. The Morgan fingerprint density at radius 2 is 1.94 bits per heavy atom. The monoisotopic (exact) mass is 475 g/mol. The van der Waals surface area contributed by atoms with Gasteiger partial charge in [-0.1, -0.05) is 17.7 Å². The summed E-state index contributed by atoms with van der Waals surface area (Å²) in [6.45, 7) is 1.71. The highest BCUT2D eigenvalue weighted by atomic mass is 35.5. The van der Waals surface area contributed by atoms with Crippen LogP contribution in [-0.2, 0) is 6.18 Å². The predicted molar refractivity (Wildman–Crippen MR) is 120 cm³/mol. The number of rotatable bonds is 4. The van der Waals surface area contributed by atoms with Crippen molar-refractivity contribution in [3.63, 3.8) is 0 Å². The highest BCUT2D eigenvalue weighted by molar-refractivity contribution is 6.32. The average Bonchev–Trinajstić information content (AvgIpc) is 2.81. The van der Waals surface area contributed by atoms with Gasteiger partial charge in [0.25, 0.3) is 0 Å². The molecule has 0 bridgehead atoms. The molecule has 4 rings (SSSR count). The Morgan fingerprint density at radius 1 is 1.15 bits per heavy atom. The number of piperidine rings is 1. The zero-order chi connectivity index (χ0) is 23.4. The summed E-state index contributed by atoms with van der Waals surface area (Å²) in [7, 11) is 0. The molecule has 0 aliphatic carbocycles. The highest BCUT2D eigenvalue weighted by Crippen LogP contribution is 2.32. The summed E-state index contributed by atoms with van der Waals surface area (Å²) in [6, 6.07) is 7.12. The van der Waals surface area contributed by atoms with Crippen LogP contribution in [0, 0.1) is 17.2 Å². The van der Waals surface area contributed by atoms with Gasteiger partial charge in [-0.25, -0.2) is 9.98 Å². The molecule has 2 aliphatic heterocycles. The molecule has 1 aromatic heterocycles. The zero-order valence-corrected chi connectivity index (χ0v) is 18.3. The van der Waals surface area contributed by atoms with Crippen LogP contribution >= 0.6 is 11.6 Å². The van der Waals surface area contributed by atoms with Crippen molar-refractivity contribution in [3.8, 4) is 6.07 Å². The summed E-state index contributed by atoms with van der Waals surface area (Å²) >= 11 is 6.14. The van der Waals surface area contributed by atoms with Gasteiger partial charge in [0.2, 0.25) is 5.95 Å². The van der Waals surface area contributed by atoms with Crippen molar-refractivity contribution in [2.75, 3.05) is 23.7 Å². The number of anilines is 3. The van der Waals surface area contributed by atoms with Gasteiger partial charge in [-0.05, 0) is 37.5 Å². The van der Waals surface area contributed by atoms with Crippen molar-refractivity contribution in [1.82, 2.24) is 14.9 Å². The molecule has 7 nitrogen and oxygen atoms in total. The Kier molecular flexibility index (Phi) is 6.70. The van der Waals surface area contributed by atoms with Crippen LogP contribution in [0.15, 0.2) is 47.4 Å². The Hall–Kier alpha value is -3.32. The zero-order valence-electron chi connectivity index (χ0n) is 17.5. The Morgan fingerprint density at radius 3 is 2.61 bits per heavy atom. The first-order valence-corrected chi connectivity index (χ1v) is 10.8. The summed E-state index contributed by atoms with van der Waals surface area (Å²) in [5.74, 6) is 1.23. The van der Waals surface area contributed by atoms with Crippen LogP contribution in [-0.4, -0.2) is 33.8 Å². The largest absolute Gasteiger partial charge is 0.416 e. The molecule has 0 saturated carbocycles. The van der Waals surface area contributed by atoms with Crippen LogP contribution in [0.1, 0.15) is 31.2 Å². The number of likely N-dealkylation sites (tertiary alicyclic amines) is 1. The minimum atomic E-state index is -4.45. The summed E-state index contributed by atoms with van der Waals surface area (Å²) in [5.41, 5.74) is 0.576. The molecule has 172 valence electrons. The minimum Gasteiger partial charge on any atom is -0.373 e. The summed E-state index contributed by atoms with van der Waals surface area (Å²) in [5, 5.41) is 15.1. The minimum absolute atomic E-state index is 0.131. The third-order valence-electron chi connectivity index (χ3n) is 5.52. The van der Waals surface area contributed by atoms with Crippen molar-refractivity contribution in [2.24, 2.45) is 10.9 Å². The maximum atomic E-state index is 13.0. The SMILES string of the molecule is N#CC1CCN(C2=CN=C(Nc3ncc(Cl)c(Nc4cccc(C(F)(F)F)c4)n3)CC2)CC1. The second-order valence-corrected chi connectivity index (χ2v) is 8.21. The maximum absolute atomic E-state index is 13.0. The smallest absolute Gasteiger partial charge is 0.373 e. The van der Waals surface area contributed by atoms with Crippen LogP contribution in [0.5, 0.6) is 0 Å². The first-order chi connectivity index (χ1) is 15.8. The van der Waals surface area contributed by atoms with Gasteiger partial charge in [0.05, 0.1) is 17.8 Å². The maximum Gasteiger partial charge on any atom is 0.416 e. The second kappa shape index (κ2) is 9.67. The number of aliphatic imine (C=N–C) groups is 1. The lowest BCUT2D eigenvalue weighted by molar-refractivity contribution is -0.137. The molecule has 2 N–H and O–H groups in total. The molecular weight excluding hydrogens is 455 g/mol. The van der Waals surface area contributed by atoms with E-state index < -0.39 is 11.7 Å². The van der Waals surface area contributed by atoms with E-state index >= 15 is 0 Å². The Bertz CT molecular complexity index is 1120. The lowest BCUT2D eigenvalue weighted by Gasteiger charge is -2.33. The molecule has 0 amide bonds. The predicted octanol–water partition coefficient (Wildman–Crippen LogP) is 5.57. The lowest BCUT2D eigenvalue weighted by Crippen LogP contribution is -2.33. The third kappa shape index (κ3) is 5.73. The van der Waals surface area contributed by atoms with Crippen molar-refractivity contribution >= 4 is 34.9 Å². The molecule has 0 atom stereocenters. The van der Waals surface area contributed by atoms with Crippen molar-refractivity contribution in [3.05, 3.63) is 52.9 Å². The number of nitriles is 1. The number of nitrogens with one attached hydrogen (secondary N) is 2. The van der Waals surface area contributed by atoms with E-state index in [2.05, 4.69) is 36.6 Å². The summed E-state index contributed by atoms with van der Waals surface area (Å²) < 4.78 is 38.9. The van der Waals surface area contributed by atoms with Gasteiger partial charge in [-0.15, -0.1) is 0 Å². The van der Waals surface area contributed by atoms with Gasteiger partial charge < -0.3 is 15.5 Å². The van der Waals surface area contributed by atoms with Crippen LogP contribution < -0.4 is 10.6 Å². The molecule has 0 unspecified atom stereocenters. The van der Waals surface area contributed by atoms with E-state index in [1.165, 1.54) is 18.3 Å². The Balaban J connectivity index is 1.43. The molecule has 11 heteroatoms. The molecule has 1 aromatic carbocycles. The molecule has 0 radical (unpaired) electrons. The normalized spacial score (nSPS) is 17.1. The van der Waals surface area contributed by atoms with Crippen LogP contribution in [0.4, 0.5) is 30.6 Å². The first-order valence-electron chi connectivity index (χ1n) is 10.5. The topological polar surface area (TPSA) is 89.2 Å². The quantitative estimate of drug-likeness (QED) is 0.600. The molecular formula is C22H21ClF3N7. The molecule has 2 aromatic rings. The van der Waals surface area contributed by atoms with Gasteiger partial charge in [-0.3, -0.25) is 0 Å². The van der Waals surface area contributed by atoms with Crippen LogP contribution in [0.2, 0.25) is 5.02 Å². The highest BCUT2D eigenvalue weighted by Gasteiger charge is 2.30. The van der Waals surface area contributed by atoms with Gasteiger partial charge in [0.1, 0.15) is 10.9 Å². The van der Waals surface area contributed by atoms with E-state index in [4.69, 9.17) is 16.9 Å². The Labute approximate surface area is 194 Å². The van der Waals surface area contributed by atoms with E-state index in [1.54, 1.807) is 0 Å². The number of hydrogen-bond acceptors (Lipinski definition) is 7. The first kappa shape index (κ1) is 22.9. The number of halogens is 4. The van der Waals surface area contributed by atoms with Crippen LogP contribution in [0.3, 0.4) is 0 Å². The molecule has 1 saturated heterocycles. The van der Waals surface area contributed by atoms with Crippen molar-refractivity contribution in [1.29, 1.82) is 5.26 Å². The van der Waals surface area contributed by atoms with E-state index in [0.29, 0.717) is 12.3 Å². The van der Waals surface area contributed by atoms with E-state index in [0.717, 1.165) is 50.2 Å². The van der Waals surface area contributed by atoms with E-state index in [-0.39, 0.29) is 28.4 Å². The lowest BCUT2D eigenvalue weighted by atomic mass is 9.97.